The van der Waals surface area contributed by atoms with E-state index < -0.39 is 0 Å². The Kier molecular flexibility index (Phi) is 8.23. The summed E-state index contributed by atoms with van der Waals surface area (Å²) in [4.78, 5) is 29.8. The lowest BCUT2D eigenvalue weighted by Crippen LogP contribution is -2.59. The third kappa shape index (κ3) is 5.97. The summed E-state index contributed by atoms with van der Waals surface area (Å²) in [5, 5.41) is 0. The van der Waals surface area contributed by atoms with E-state index in [0.717, 1.165) is 24.7 Å². The Labute approximate surface area is 172 Å². The number of hydrogen-bond donors (Lipinski definition) is 0. The first-order chi connectivity index (χ1) is 13.5. The van der Waals surface area contributed by atoms with Gasteiger partial charge >= 0.3 is 0 Å². The second kappa shape index (κ2) is 10.6. The summed E-state index contributed by atoms with van der Waals surface area (Å²) >= 11 is 0. The third-order valence-corrected chi connectivity index (χ3v) is 7.61. The molecule has 0 aromatic carbocycles. The van der Waals surface area contributed by atoms with Crippen LogP contribution in [0.3, 0.4) is 0 Å². The van der Waals surface area contributed by atoms with Crippen LogP contribution in [0.1, 0.15) is 104 Å². The minimum absolute atomic E-state index is 0.147. The minimum Gasteiger partial charge on any atom is -0.336 e. The Morgan fingerprint density at radius 1 is 0.643 bits per heavy atom. The fourth-order valence-electron chi connectivity index (χ4n) is 5.72. The van der Waals surface area contributed by atoms with Crippen LogP contribution in [-0.2, 0) is 9.59 Å². The van der Waals surface area contributed by atoms with E-state index in [4.69, 9.17) is 0 Å². The quantitative estimate of drug-likeness (QED) is 0.629. The third-order valence-electron chi connectivity index (χ3n) is 7.61. The molecule has 3 rings (SSSR count). The van der Waals surface area contributed by atoms with E-state index in [9.17, 15) is 9.59 Å². The molecule has 2 saturated carbocycles. The second-order valence-electron chi connectivity index (χ2n) is 9.88. The maximum Gasteiger partial charge on any atom is 0.222 e. The second-order valence-corrected chi connectivity index (χ2v) is 9.88. The number of hydrogen-bond acceptors (Lipinski definition) is 2. The van der Waals surface area contributed by atoms with Gasteiger partial charge in [-0.3, -0.25) is 9.59 Å². The highest BCUT2D eigenvalue weighted by molar-refractivity contribution is 5.79. The fourth-order valence-corrected chi connectivity index (χ4v) is 5.72. The molecule has 1 saturated heterocycles. The Morgan fingerprint density at radius 3 is 1.36 bits per heavy atom. The van der Waals surface area contributed by atoms with Gasteiger partial charge in [-0.25, -0.2) is 0 Å². The number of carbonyl (C=O) groups is 2. The van der Waals surface area contributed by atoms with Gasteiger partial charge in [0.1, 0.15) is 0 Å². The molecule has 2 atom stereocenters. The number of piperazine rings is 1. The van der Waals surface area contributed by atoms with Crippen LogP contribution in [0.5, 0.6) is 0 Å². The molecule has 160 valence electrons. The lowest BCUT2D eigenvalue weighted by atomic mass is 9.86. The summed E-state index contributed by atoms with van der Waals surface area (Å²) in [7, 11) is 0. The molecule has 0 spiro atoms. The van der Waals surface area contributed by atoms with Gasteiger partial charge in [-0.05, 0) is 38.5 Å². The van der Waals surface area contributed by atoms with Crippen LogP contribution in [0, 0.1) is 11.8 Å². The largest absolute Gasteiger partial charge is 0.336 e. The Morgan fingerprint density at radius 2 is 1.00 bits per heavy atom. The highest BCUT2D eigenvalue weighted by Crippen LogP contribution is 2.29. The average molecular weight is 391 g/mol. The Balaban J connectivity index is 1.43. The van der Waals surface area contributed by atoms with Crippen LogP contribution in [0.25, 0.3) is 0 Å². The van der Waals surface area contributed by atoms with Crippen molar-refractivity contribution in [1.82, 2.24) is 9.80 Å². The van der Waals surface area contributed by atoms with Crippen molar-refractivity contribution < 1.29 is 9.59 Å². The van der Waals surface area contributed by atoms with Crippen molar-refractivity contribution in [2.24, 2.45) is 11.8 Å². The van der Waals surface area contributed by atoms with Crippen molar-refractivity contribution in [3.8, 4) is 0 Å². The molecular formula is C24H42N2O2. The SMILES string of the molecule is CC1CN(C(=O)CCC2CCCCC2)C(C)CN1C(=O)CCC1CCCCC1. The summed E-state index contributed by atoms with van der Waals surface area (Å²) in [6, 6.07) is 0.294. The van der Waals surface area contributed by atoms with Crippen molar-refractivity contribution in [3.63, 3.8) is 0 Å². The van der Waals surface area contributed by atoms with E-state index in [1.165, 1.54) is 64.2 Å². The van der Waals surface area contributed by atoms with Gasteiger partial charge in [-0.15, -0.1) is 0 Å². The first-order valence-electron chi connectivity index (χ1n) is 12.1. The molecule has 0 aromatic rings. The summed E-state index contributed by atoms with van der Waals surface area (Å²) < 4.78 is 0. The zero-order valence-electron chi connectivity index (χ0n) is 18.3. The zero-order valence-corrected chi connectivity index (χ0v) is 18.3. The van der Waals surface area contributed by atoms with Crippen LogP contribution >= 0.6 is 0 Å². The van der Waals surface area contributed by atoms with E-state index in [0.29, 0.717) is 37.7 Å². The van der Waals surface area contributed by atoms with Crippen molar-refractivity contribution in [1.29, 1.82) is 0 Å². The topological polar surface area (TPSA) is 40.6 Å². The van der Waals surface area contributed by atoms with E-state index >= 15 is 0 Å². The lowest BCUT2D eigenvalue weighted by molar-refractivity contribution is -0.146. The van der Waals surface area contributed by atoms with Crippen molar-refractivity contribution >= 4 is 11.8 Å². The van der Waals surface area contributed by atoms with Gasteiger partial charge in [0.05, 0.1) is 0 Å². The Bertz CT molecular complexity index is 463. The molecule has 1 heterocycles. The van der Waals surface area contributed by atoms with Crippen molar-refractivity contribution in [2.75, 3.05) is 13.1 Å². The van der Waals surface area contributed by atoms with Gasteiger partial charge in [0, 0.05) is 38.0 Å². The Hall–Kier alpha value is -1.06. The molecule has 4 heteroatoms. The highest BCUT2D eigenvalue weighted by Gasteiger charge is 2.34. The van der Waals surface area contributed by atoms with Gasteiger partial charge in [0.15, 0.2) is 0 Å². The summed E-state index contributed by atoms with van der Waals surface area (Å²) in [5.41, 5.74) is 0. The van der Waals surface area contributed by atoms with Crippen LogP contribution in [0.4, 0.5) is 0 Å². The van der Waals surface area contributed by atoms with E-state index in [1.807, 2.05) is 0 Å². The van der Waals surface area contributed by atoms with Gasteiger partial charge in [-0.1, -0.05) is 64.2 Å². The first-order valence-corrected chi connectivity index (χ1v) is 12.1. The van der Waals surface area contributed by atoms with Crippen LogP contribution in [-0.4, -0.2) is 46.8 Å². The van der Waals surface area contributed by atoms with Gasteiger partial charge in [0.2, 0.25) is 11.8 Å². The van der Waals surface area contributed by atoms with Gasteiger partial charge in [-0.2, -0.15) is 0 Å². The molecule has 3 aliphatic rings. The number of nitrogens with zero attached hydrogens (tertiary/aromatic N) is 2. The molecule has 4 nitrogen and oxygen atoms in total. The molecule has 2 amide bonds. The van der Waals surface area contributed by atoms with E-state index in [2.05, 4.69) is 23.6 Å². The van der Waals surface area contributed by atoms with Gasteiger partial charge < -0.3 is 9.80 Å². The minimum atomic E-state index is 0.147. The smallest absolute Gasteiger partial charge is 0.222 e. The highest BCUT2D eigenvalue weighted by atomic mass is 16.2. The molecule has 0 aromatic heterocycles. The number of carbonyl (C=O) groups excluding carboxylic acids is 2. The molecular weight excluding hydrogens is 348 g/mol. The standard InChI is InChI=1S/C24H42N2O2/c1-19-17-26(24(28)16-14-22-11-7-4-8-12-22)20(2)18-25(19)23(27)15-13-21-9-5-3-6-10-21/h19-22H,3-18H2,1-2H3. The number of rotatable bonds is 6. The predicted octanol–water partition coefficient (Wildman–Crippen LogP) is 5.16. The van der Waals surface area contributed by atoms with Crippen LogP contribution in [0.15, 0.2) is 0 Å². The molecule has 2 unspecified atom stereocenters. The summed E-state index contributed by atoms with van der Waals surface area (Å²) in [5.74, 6) is 2.12. The molecule has 0 N–H and O–H groups in total. The van der Waals surface area contributed by atoms with Crippen molar-refractivity contribution in [3.05, 3.63) is 0 Å². The normalized spacial score (nSPS) is 27.8. The molecule has 1 aliphatic heterocycles. The fraction of sp³-hybridized carbons (Fsp3) is 0.917. The maximum atomic E-state index is 12.8. The summed E-state index contributed by atoms with van der Waals surface area (Å²) in [6.07, 6.45) is 16.8. The predicted molar refractivity (Wildman–Crippen MR) is 114 cm³/mol. The number of amides is 2. The molecule has 2 aliphatic carbocycles. The maximum absolute atomic E-state index is 12.8. The first kappa shape index (κ1) is 21.6. The van der Waals surface area contributed by atoms with E-state index in [-0.39, 0.29) is 12.1 Å². The van der Waals surface area contributed by atoms with Crippen LogP contribution in [0.2, 0.25) is 0 Å². The van der Waals surface area contributed by atoms with Crippen molar-refractivity contribution in [2.45, 2.75) is 116 Å². The van der Waals surface area contributed by atoms with E-state index in [1.54, 1.807) is 0 Å². The zero-order chi connectivity index (χ0) is 19.9. The molecule has 0 radical (unpaired) electrons. The molecule has 3 fully saturated rings. The van der Waals surface area contributed by atoms with Crippen LogP contribution < -0.4 is 0 Å². The van der Waals surface area contributed by atoms with Gasteiger partial charge in [0.25, 0.3) is 0 Å². The lowest BCUT2D eigenvalue weighted by Gasteiger charge is -2.44. The summed E-state index contributed by atoms with van der Waals surface area (Å²) in [6.45, 7) is 5.65. The molecule has 28 heavy (non-hydrogen) atoms. The average Bonchev–Trinajstić information content (AvgIpc) is 2.73. The monoisotopic (exact) mass is 390 g/mol. The molecule has 0 bridgehead atoms.